The maximum absolute atomic E-state index is 12.5. The van der Waals surface area contributed by atoms with Crippen LogP contribution >= 0.6 is 11.3 Å². The molecule has 0 saturated carbocycles. The van der Waals surface area contributed by atoms with Crippen LogP contribution in [0.15, 0.2) is 46.0 Å². The van der Waals surface area contributed by atoms with Crippen LogP contribution in [-0.2, 0) is 17.7 Å². The number of ether oxygens (including phenoxy) is 1. The van der Waals surface area contributed by atoms with E-state index in [2.05, 4.69) is 9.72 Å². The van der Waals surface area contributed by atoms with Crippen molar-refractivity contribution in [3.8, 4) is 0 Å². The van der Waals surface area contributed by atoms with Crippen molar-refractivity contribution in [1.82, 2.24) is 9.55 Å². The second kappa shape index (κ2) is 6.21. The molecular weight excluding hydrogens is 316 g/mol. The lowest BCUT2D eigenvalue weighted by atomic mass is 10.1. The summed E-state index contributed by atoms with van der Waals surface area (Å²) in [6.07, 6.45) is 0.573. The lowest BCUT2D eigenvalue weighted by Crippen LogP contribution is -2.35. The number of benzene rings is 1. The fourth-order valence-electron chi connectivity index (χ4n) is 2.33. The molecule has 0 spiro atoms. The van der Waals surface area contributed by atoms with Crippen molar-refractivity contribution in [2.45, 2.75) is 13.0 Å². The fraction of sp³-hybridized carbons (Fsp3) is 0.188. The predicted molar refractivity (Wildman–Crippen MR) is 88.2 cm³/mol. The van der Waals surface area contributed by atoms with Crippen molar-refractivity contribution < 1.29 is 9.53 Å². The Bertz CT molecular complexity index is 969. The van der Waals surface area contributed by atoms with Gasteiger partial charge in [0.2, 0.25) is 0 Å². The zero-order valence-electron chi connectivity index (χ0n) is 12.4. The SMILES string of the molecule is COC(=O)c1cc2c(=O)n(CCc3ccccc3)c(=O)[nH]c2s1. The zero-order valence-corrected chi connectivity index (χ0v) is 13.2. The smallest absolute Gasteiger partial charge is 0.348 e. The van der Waals surface area contributed by atoms with Crippen LogP contribution < -0.4 is 11.2 Å². The highest BCUT2D eigenvalue weighted by Crippen LogP contribution is 2.20. The number of H-pyrrole nitrogens is 1. The van der Waals surface area contributed by atoms with Gasteiger partial charge in [-0.05, 0) is 18.1 Å². The summed E-state index contributed by atoms with van der Waals surface area (Å²) in [6, 6.07) is 11.1. The summed E-state index contributed by atoms with van der Waals surface area (Å²) >= 11 is 1.04. The number of carbonyl (C=O) groups excluding carboxylic acids is 1. The van der Waals surface area contributed by atoms with Gasteiger partial charge in [-0.2, -0.15) is 0 Å². The van der Waals surface area contributed by atoms with Gasteiger partial charge in [-0.1, -0.05) is 30.3 Å². The number of aryl methyl sites for hydroxylation is 1. The molecule has 2 heterocycles. The van der Waals surface area contributed by atoms with E-state index in [1.165, 1.54) is 13.2 Å². The molecule has 1 aromatic carbocycles. The molecular formula is C16H14N2O4S. The number of nitrogens with zero attached hydrogens (tertiary/aromatic N) is 1. The second-order valence-electron chi connectivity index (χ2n) is 4.97. The molecule has 0 bridgehead atoms. The third kappa shape index (κ3) is 2.95. The second-order valence-corrected chi connectivity index (χ2v) is 6.02. The molecule has 118 valence electrons. The monoisotopic (exact) mass is 330 g/mol. The Labute approximate surface area is 135 Å². The molecule has 0 unspecified atom stereocenters. The van der Waals surface area contributed by atoms with E-state index < -0.39 is 17.2 Å². The van der Waals surface area contributed by atoms with Gasteiger partial charge in [0.1, 0.15) is 9.71 Å². The minimum absolute atomic E-state index is 0.275. The molecule has 0 aliphatic carbocycles. The third-order valence-corrected chi connectivity index (χ3v) is 4.56. The van der Waals surface area contributed by atoms with E-state index in [0.29, 0.717) is 16.6 Å². The molecule has 0 fully saturated rings. The number of esters is 1. The molecule has 6 nitrogen and oxygen atoms in total. The molecule has 0 atom stereocenters. The van der Waals surface area contributed by atoms with E-state index in [9.17, 15) is 14.4 Å². The first-order chi connectivity index (χ1) is 11.1. The molecule has 23 heavy (non-hydrogen) atoms. The Kier molecular flexibility index (Phi) is 4.12. The van der Waals surface area contributed by atoms with Crippen LogP contribution in [0.5, 0.6) is 0 Å². The van der Waals surface area contributed by atoms with Gasteiger partial charge >= 0.3 is 11.7 Å². The summed E-state index contributed by atoms with van der Waals surface area (Å²) in [6.45, 7) is 0.275. The summed E-state index contributed by atoms with van der Waals surface area (Å²) < 4.78 is 5.80. The summed E-state index contributed by atoms with van der Waals surface area (Å²) in [5, 5.41) is 0.322. The number of hydrogen-bond donors (Lipinski definition) is 1. The number of rotatable bonds is 4. The largest absolute Gasteiger partial charge is 0.465 e. The van der Waals surface area contributed by atoms with Gasteiger partial charge < -0.3 is 4.74 Å². The predicted octanol–water partition coefficient (Wildman–Crippen LogP) is 1.78. The highest BCUT2D eigenvalue weighted by atomic mass is 32.1. The Balaban J connectivity index is 1.99. The van der Waals surface area contributed by atoms with Gasteiger partial charge in [0.25, 0.3) is 5.56 Å². The zero-order chi connectivity index (χ0) is 16.4. The number of methoxy groups -OCH3 is 1. The topological polar surface area (TPSA) is 81.2 Å². The van der Waals surface area contributed by atoms with Crippen LogP contribution in [0.25, 0.3) is 10.2 Å². The van der Waals surface area contributed by atoms with Crippen molar-refractivity contribution in [3.63, 3.8) is 0 Å². The average molecular weight is 330 g/mol. The lowest BCUT2D eigenvalue weighted by Gasteiger charge is -2.04. The number of nitrogens with one attached hydrogen (secondary N) is 1. The first-order valence-corrected chi connectivity index (χ1v) is 7.80. The highest BCUT2D eigenvalue weighted by Gasteiger charge is 2.15. The minimum atomic E-state index is -0.526. The first kappa shape index (κ1) is 15.2. The standard InChI is InChI=1S/C16H14N2O4S/c1-22-15(20)12-9-11-13(23-12)17-16(21)18(14(11)19)8-7-10-5-3-2-4-6-10/h2-6,9H,7-8H2,1H3,(H,17,21). The van der Waals surface area contributed by atoms with E-state index >= 15 is 0 Å². The fourth-order valence-corrected chi connectivity index (χ4v) is 3.29. The van der Waals surface area contributed by atoms with Crippen molar-refractivity contribution in [1.29, 1.82) is 0 Å². The Morgan fingerprint density at radius 3 is 2.70 bits per heavy atom. The molecule has 1 N–H and O–H groups in total. The van der Waals surface area contributed by atoms with Gasteiger partial charge in [0.15, 0.2) is 0 Å². The molecule has 0 amide bonds. The summed E-state index contributed by atoms with van der Waals surface area (Å²) in [5.41, 5.74) is 0.169. The lowest BCUT2D eigenvalue weighted by molar-refractivity contribution is 0.0606. The van der Waals surface area contributed by atoms with Crippen LogP contribution in [0.4, 0.5) is 0 Å². The van der Waals surface area contributed by atoms with E-state index in [0.717, 1.165) is 21.5 Å². The maximum atomic E-state index is 12.5. The van der Waals surface area contributed by atoms with Crippen LogP contribution in [-0.4, -0.2) is 22.6 Å². The normalized spacial score (nSPS) is 10.8. The number of hydrogen-bond acceptors (Lipinski definition) is 5. The summed E-state index contributed by atoms with van der Waals surface area (Å²) in [7, 11) is 1.27. The maximum Gasteiger partial charge on any atom is 0.348 e. The number of fused-ring (bicyclic) bond motifs is 1. The van der Waals surface area contributed by atoms with Crippen molar-refractivity contribution in [2.75, 3.05) is 7.11 Å². The molecule has 0 aliphatic rings. The van der Waals surface area contributed by atoms with Crippen molar-refractivity contribution in [2.24, 2.45) is 0 Å². The summed E-state index contributed by atoms with van der Waals surface area (Å²) in [4.78, 5) is 39.5. The van der Waals surface area contributed by atoms with E-state index in [1.807, 2.05) is 30.3 Å². The van der Waals surface area contributed by atoms with Gasteiger partial charge in [-0.25, -0.2) is 9.59 Å². The van der Waals surface area contributed by atoms with Gasteiger partial charge in [0.05, 0.1) is 12.5 Å². The highest BCUT2D eigenvalue weighted by molar-refractivity contribution is 7.20. The van der Waals surface area contributed by atoms with Crippen LogP contribution in [0.2, 0.25) is 0 Å². The number of carbonyl (C=O) groups is 1. The molecule has 0 aliphatic heterocycles. The molecule has 7 heteroatoms. The Morgan fingerprint density at radius 1 is 1.26 bits per heavy atom. The number of thiophene rings is 1. The first-order valence-electron chi connectivity index (χ1n) is 6.99. The molecule has 0 saturated heterocycles. The number of aromatic nitrogens is 2. The minimum Gasteiger partial charge on any atom is -0.465 e. The Hall–Kier alpha value is -2.67. The van der Waals surface area contributed by atoms with Gasteiger partial charge in [-0.3, -0.25) is 14.3 Å². The van der Waals surface area contributed by atoms with Crippen LogP contribution in [0, 0.1) is 0 Å². The Morgan fingerprint density at radius 2 is 2.00 bits per heavy atom. The average Bonchev–Trinajstić information content (AvgIpc) is 2.99. The molecule has 2 aromatic heterocycles. The molecule has 3 aromatic rings. The van der Waals surface area contributed by atoms with Crippen LogP contribution in [0.3, 0.4) is 0 Å². The third-order valence-electron chi connectivity index (χ3n) is 3.53. The molecule has 3 rings (SSSR count). The number of aromatic amines is 1. The van der Waals surface area contributed by atoms with Crippen LogP contribution in [0.1, 0.15) is 15.2 Å². The molecule has 0 radical (unpaired) electrons. The van der Waals surface area contributed by atoms with Crippen molar-refractivity contribution in [3.05, 3.63) is 67.7 Å². The van der Waals surface area contributed by atoms with Crippen molar-refractivity contribution >= 4 is 27.5 Å². The van der Waals surface area contributed by atoms with Gasteiger partial charge in [0, 0.05) is 6.54 Å². The van der Waals surface area contributed by atoms with E-state index in [4.69, 9.17) is 0 Å². The van der Waals surface area contributed by atoms with Gasteiger partial charge in [-0.15, -0.1) is 11.3 Å². The quantitative estimate of drug-likeness (QED) is 0.739. The van der Waals surface area contributed by atoms with E-state index in [1.54, 1.807) is 0 Å². The summed E-state index contributed by atoms with van der Waals surface area (Å²) in [5.74, 6) is -0.526. The van der Waals surface area contributed by atoms with E-state index in [-0.39, 0.29) is 11.4 Å².